The molecule has 8 nitrogen and oxygen atoms in total. The molecule has 4 aromatic rings. The lowest BCUT2D eigenvalue weighted by molar-refractivity contribution is -0.0262. The van der Waals surface area contributed by atoms with E-state index in [-0.39, 0.29) is 24.7 Å². The Balaban J connectivity index is 1.36. The van der Waals surface area contributed by atoms with Gasteiger partial charge in [0, 0.05) is 35.2 Å². The van der Waals surface area contributed by atoms with Gasteiger partial charge in [-0.3, -0.25) is 4.90 Å². The molecular weight excluding hydrogens is 520 g/mol. The Labute approximate surface area is 209 Å². The third-order valence-electron chi connectivity index (χ3n) is 6.06. The zero-order valence-electron chi connectivity index (χ0n) is 18.8. The maximum Gasteiger partial charge on any atom is 0.137 e. The standard InChI is InChI=1S/C24H24BrF2N7O/c25-18-3-1-17(2-4-18)10-33-12-20(30-31-33)11-32(21-6-7-21)13-24(35,14-34-16-28-15-29-34)22-8-5-19(26)9-23(22)27/h1-5,8-9,12,15-16,21,35H,6-7,10-11,13-14H2. The highest BCUT2D eigenvalue weighted by molar-refractivity contribution is 9.10. The van der Waals surface area contributed by atoms with Crippen molar-refractivity contribution < 1.29 is 13.9 Å². The summed E-state index contributed by atoms with van der Waals surface area (Å²) in [6.45, 7) is 1.10. The predicted molar refractivity (Wildman–Crippen MR) is 127 cm³/mol. The number of rotatable bonds is 10. The van der Waals surface area contributed by atoms with Crippen LogP contribution < -0.4 is 0 Å². The second kappa shape index (κ2) is 9.92. The van der Waals surface area contributed by atoms with Crippen LogP contribution in [0.1, 0.15) is 29.7 Å². The zero-order valence-corrected chi connectivity index (χ0v) is 20.4. The van der Waals surface area contributed by atoms with E-state index in [0.29, 0.717) is 13.1 Å². The Hall–Kier alpha value is -3.02. The molecule has 0 amide bonds. The second-order valence-corrected chi connectivity index (χ2v) is 9.83. The maximum atomic E-state index is 14.8. The van der Waals surface area contributed by atoms with Crippen LogP contribution in [0.5, 0.6) is 0 Å². The lowest BCUT2D eigenvalue weighted by atomic mass is 9.92. The van der Waals surface area contributed by atoms with Gasteiger partial charge in [0.15, 0.2) is 0 Å². The van der Waals surface area contributed by atoms with Gasteiger partial charge in [0.1, 0.15) is 29.9 Å². The third kappa shape index (κ3) is 5.80. The number of nitrogens with zero attached hydrogens (tertiary/aromatic N) is 7. The van der Waals surface area contributed by atoms with Gasteiger partial charge in [-0.1, -0.05) is 39.3 Å². The summed E-state index contributed by atoms with van der Waals surface area (Å²) >= 11 is 3.44. The van der Waals surface area contributed by atoms with Gasteiger partial charge >= 0.3 is 0 Å². The van der Waals surface area contributed by atoms with Crippen LogP contribution in [0.2, 0.25) is 0 Å². The lowest BCUT2D eigenvalue weighted by Crippen LogP contribution is -2.45. The van der Waals surface area contributed by atoms with Gasteiger partial charge in [0.2, 0.25) is 0 Å². The minimum Gasteiger partial charge on any atom is -0.382 e. The molecule has 1 unspecified atom stereocenters. The molecule has 1 aliphatic rings. The quantitative estimate of drug-likeness (QED) is 0.329. The molecular formula is C24H24BrF2N7O. The minimum absolute atomic E-state index is 0.0129. The molecule has 2 heterocycles. The fraction of sp³-hybridized carbons (Fsp3) is 0.333. The molecule has 5 rings (SSSR count). The summed E-state index contributed by atoms with van der Waals surface area (Å²) in [6.07, 6.45) is 6.63. The third-order valence-corrected chi connectivity index (χ3v) is 6.59. The Kier molecular flexibility index (Phi) is 6.72. The highest BCUT2D eigenvalue weighted by atomic mass is 79.9. The highest BCUT2D eigenvalue weighted by Gasteiger charge is 2.40. The molecule has 0 radical (unpaired) electrons. The van der Waals surface area contributed by atoms with Gasteiger partial charge in [-0.05, 0) is 36.6 Å². The SMILES string of the molecule is OC(CN(Cc1cn(Cc2ccc(Br)cc2)nn1)C1CC1)(Cn1cncn1)c1ccc(F)cc1F. The summed E-state index contributed by atoms with van der Waals surface area (Å²) in [7, 11) is 0. The predicted octanol–water partition coefficient (Wildman–Crippen LogP) is 3.51. The summed E-state index contributed by atoms with van der Waals surface area (Å²) in [5.74, 6) is -1.50. The van der Waals surface area contributed by atoms with Crippen molar-refractivity contribution in [2.24, 2.45) is 0 Å². The van der Waals surface area contributed by atoms with Gasteiger partial charge in [-0.25, -0.2) is 23.1 Å². The number of aliphatic hydroxyl groups is 1. The van der Waals surface area contributed by atoms with Crippen LogP contribution in [-0.2, 0) is 25.2 Å². The molecule has 1 atom stereocenters. The molecule has 0 aliphatic heterocycles. The van der Waals surface area contributed by atoms with Crippen LogP contribution in [-0.4, -0.2) is 52.4 Å². The molecule has 1 aliphatic carbocycles. The van der Waals surface area contributed by atoms with E-state index in [1.807, 2.05) is 30.5 Å². The average molecular weight is 544 g/mol. The minimum atomic E-state index is -1.67. The number of halogens is 3. The normalized spacial score (nSPS) is 15.5. The fourth-order valence-electron chi connectivity index (χ4n) is 4.23. The summed E-state index contributed by atoms with van der Waals surface area (Å²) in [6, 6.07) is 11.5. The van der Waals surface area contributed by atoms with Crippen molar-refractivity contribution >= 4 is 15.9 Å². The molecule has 11 heteroatoms. The molecule has 35 heavy (non-hydrogen) atoms. The Bertz CT molecular complexity index is 1280. The smallest absolute Gasteiger partial charge is 0.137 e. The van der Waals surface area contributed by atoms with Gasteiger partial charge in [-0.15, -0.1) is 5.10 Å². The van der Waals surface area contributed by atoms with Crippen LogP contribution in [0.15, 0.2) is 65.8 Å². The first-order valence-electron chi connectivity index (χ1n) is 11.3. The first kappa shape index (κ1) is 23.7. The van der Waals surface area contributed by atoms with E-state index in [0.717, 1.165) is 40.7 Å². The molecule has 1 saturated carbocycles. The van der Waals surface area contributed by atoms with Gasteiger partial charge in [0.05, 0.1) is 25.0 Å². The average Bonchev–Trinajstić information content (AvgIpc) is 3.38. The van der Waals surface area contributed by atoms with E-state index in [1.165, 1.54) is 23.4 Å². The maximum absolute atomic E-state index is 14.8. The van der Waals surface area contributed by atoms with E-state index in [2.05, 4.69) is 41.2 Å². The van der Waals surface area contributed by atoms with Crippen molar-refractivity contribution in [3.8, 4) is 0 Å². The first-order chi connectivity index (χ1) is 16.9. The molecule has 2 aromatic carbocycles. The number of benzene rings is 2. The molecule has 0 saturated heterocycles. The largest absolute Gasteiger partial charge is 0.382 e. The molecule has 2 aromatic heterocycles. The van der Waals surface area contributed by atoms with Crippen molar-refractivity contribution in [2.75, 3.05) is 6.54 Å². The first-order valence-corrected chi connectivity index (χ1v) is 12.1. The van der Waals surface area contributed by atoms with Crippen molar-refractivity contribution in [3.05, 3.63) is 94.2 Å². The summed E-state index contributed by atoms with van der Waals surface area (Å²) < 4.78 is 32.6. The van der Waals surface area contributed by atoms with E-state index < -0.39 is 17.2 Å². The topological polar surface area (TPSA) is 84.9 Å². The van der Waals surface area contributed by atoms with Crippen LogP contribution in [0.3, 0.4) is 0 Å². The van der Waals surface area contributed by atoms with Gasteiger partial charge < -0.3 is 5.11 Å². The second-order valence-electron chi connectivity index (χ2n) is 8.92. The zero-order chi connectivity index (χ0) is 24.4. The number of hydrogen-bond donors (Lipinski definition) is 1. The molecule has 0 bridgehead atoms. The van der Waals surface area contributed by atoms with Crippen molar-refractivity contribution in [3.63, 3.8) is 0 Å². The molecule has 0 spiro atoms. The Morgan fingerprint density at radius 2 is 1.91 bits per heavy atom. The van der Waals surface area contributed by atoms with Crippen molar-refractivity contribution in [1.82, 2.24) is 34.7 Å². The number of hydrogen-bond acceptors (Lipinski definition) is 6. The summed E-state index contributed by atoms with van der Waals surface area (Å²) in [5.41, 5.74) is 0.190. The van der Waals surface area contributed by atoms with Crippen molar-refractivity contribution in [1.29, 1.82) is 0 Å². The van der Waals surface area contributed by atoms with E-state index in [4.69, 9.17) is 0 Å². The van der Waals surface area contributed by atoms with E-state index >= 15 is 0 Å². The fourth-order valence-corrected chi connectivity index (χ4v) is 4.50. The molecule has 1 fully saturated rings. The molecule has 182 valence electrons. The van der Waals surface area contributed by atoms with Gasteiger partial charge in [-0.2, -0.15) is 5.10 Å². The summed E-state index contributed by atoms with van der Waals surface area (Å²) in [5, 5.41) is 24.4. The van der Waals surface area contributed by atoms with E-state index in [9.17, 15) is 13.9 Å². The molecule has 1 N–H and O–H groups in total. The van der Waals surface area contributed by atoms with E-state index in [1.54, 1.807) is 4.68 Å². The Morgan fingerprint density at radius 1 is 1.11 bits per heavy atom. The Morgan fingerprint density at radius 3 is 2.60 bits per heavy atom. The lowest BCUT2D eigenvalue weighted by Gasteiger charge is -2.34. The van der Waals surface area contributed by atoms with Gasteiger partial charge in [0.25, 0.3) is 0 Å². The monoisotopic (exact) mass is 543 g/mol. The number of aromatic nitrogens is 6. The van der Waals surface area contributed by atoms with Crippen LogP contribution >= 0.6 is 15.9 Å². The highest BCUT2D eigenvalue weighted by Crippen LogP contribution is 2.34. The van der Waals surface area contributed by atoms with Crippen LogP contribution in [0, 0.1) is 11.6 Å². The van der Waals surface area contributed by atoms with Crippen LogP contribution in [0.25, 0.3) is 0 Å². The van der Waals surface area contributed by atoms with Crippen LogP contribution in [0.4, 0.5) is 8.78 Å². The van der Waals surface area contributed by atoms with Crippen molar-refractivity contribution in [2.45, 2.75) is 44.1 Å². The summed E-state index contributed by atoms with van der Waals surface area (Å²) in [4.78, 5) is 6.00.